The molecule has 0 spiro atoms. The molecule has 1 aromatic heterocycles. The SMILES string of the molecule is CCNc1nc(N(C)CC(=O)NC)c2ccccc2n1. The quantitative estimate of drug-likeness (QED) is 0.858. The lowest BCUT2D eigenvalue weighted by atomic mass is 10.2. The maximum Gasteiger partial charge on any atom is 0.239 e. The molecule has 0 fully saturated rings. The summed E-state index contributed by atoms with van der Waals surface area (Å²) in [6.07, 6.45) is 0. The van der Waals surface area contributed by atoms with Crippen LogP contribution in [0.25, 0.3) is 10.9 Å². The molecule has 1 heterocycles. The van der Waals surface area contributed by atoms with Crippen molar-refractivity contribution in [3.63, 3.8) is 0 Å². The Morgan fingerprint density at radius 1 is 1.30 bits per heavy atom. The Balaban J connectivity index is 2.46. The lowest BCUT2D eigenvalue weighted by Crippen LogP contribution is -2.33. The van der Waals surface area contributed by atoms with Gasteiger partial charge in [0.15, 0.2) is 0 Å². The average Bonchev–Trinajstić information content (AvgIpc) is 2.46. The van der Waals surface area contributed by atoms with Gasteiger partial charge >= 0.3 is 0 Å². The van der Waals surface area contributed by atoms with E-state index in [1.807, 2.05) is 43.1 Å². The molecule has 6 heteroatoms. The zero-order chi connectivity index (χ0) is 14.5. The van der Waals surface area contributed by atoms with Gasteiger partial charge in [-0.2, -0.15) is 4.98 Å². The van der Waals surface area contributed by atoms with Crippen molar-refractivity contribution in [1.82, 2.24) is 15.3 Å². The molecular formula is C14H19N5O. The second-order valence-corrected chi connectivity index (χ2v) is 4.45. The van der Waals surface area contributed by atoms with E-state index < -0.39 is 0 Å². The third kappa shape index (κ3) is 2.96. The molecule has 6 nitrogen and oxygen atoms in total. The zero-order valence-corrected chi connectivity index (χ0v) is 12.0. The molecule has 1 aromatic carbocycles. The Bertz CT molecular complexity index is 614. The van der Waals surface area contributed by atoms with Crippen molar-refractivity contribution in [2.75, 3.05) is 37.4 Å². The fraction of sp³-hybridized carbons (Fsp3) is 0.357. The topological polar surface area (TPSA) is 70.2 Å². The second kappa shape index (κ2) is 6.18. The van der Waals surface area contributed by atoms with Gasteiger partial charge in [-0.3, -0.25) is 4.79 Å². The van der Waals surface area contributed by atoms with Gasteiger partial charge in [0.2, 0.25) is 11.9 Å². The molecule has 2 rings (SSSR count). The van der Waals surface area contributed by atoms with E-state index in [1.165, 1.54) is 0 Å². The van der Waals surface area contributed by atoms with Gasteiger partial charge in [-0.15, -0.1) is 0 Å². The highest BCUT2D eigenvalue weighted by molar-refractivity contribution is 5.92. The molecule has 0 aliphatic rings. The summed E-state index contributed by atoms with van der Waals surface area (Å²) in [7, 11) is 3.47. The number of nitrogens with zero attached hydrogens (tertiary/aromatic N) is 3. The summed E-state index contributed by atoms with van der Waals surface area (Å²) in [5.74, 6) is 1.26. The summed E-state index contributed by atoms with van der Waals surface area (Å²) < 4.78 is 0. The number of benzene rings is 1. The number of hydrogen-bond acceptors (Lipinski definition) is 5. The van der Waals surface area contributed by atoms with Crippen LogP contribution in [0.3, 0.4) is 0 Å². The van der Waals surface area contributed by atoms with Gasteiger partial charge in [-0.1, -0.05) is 12.1 Å². The number of carbonyl (C=O) groups excluding carboxylic acids is 1. The van der Waals surface area contributed by atoms with Crippen LogP contribution in [0, 0.1) is 0 Å². The molecule has 2 aromatic rings. The average molecular weight is 273 g/mol. The van der Waals surface area contributed by atoms with E-state index >= 15 is 0 Å². The van der Waals surface area contributed by atoms with E-state index in [4.69, 9.17) is 0 Å². The van der Waals surface area contributed by atoms with Crippen LogP contribution < -0.4 is 15.5 Å². The van der Waals surface area contributed by atoms with E-state index in [1.54, 1.807) is 7.05 Å². The number of aromatic nitrogens is 2. The van der Waals surface area contributed by atoms with E-state index in [-0.39, 0.29) is 12.5 Å². The van der Waals surface area contributed by atoms with Gasteiger partial charge in [0.05, 0.1) is 12.1 Å². The second-order valence-electron chi connectivity index (χ2n) is 4.45. The van der Waals surface area contributed by atoms with E-state index in [0.717, 1.165) is 23.3 Å². The lowest BCUT2D eigenvalue weighted by Gasteiger charge is -2.19. The number of carbonyl (C=O) groups is 1. The van der Waals surface area contributed by atoms with Crippen LogP contribution in [0.2, 0.25) is 0 Å². The van der Waals surface area contributed by atoms with Crippen LogP contribution >= 0.6 is 0 Å². The van der Waals surface area contributed by atoms with Crippen molar-refractivity contribution >= 4 is 28.6 Å². The molecule has 106 valence electrons. The van der Waals surface area contributed by atoms with Crippen molar-refractivity contribution in [3.05, 3.63) is 24.3 Å². The maximum atomic E-state index is 11.5. The Morgan fingerprint density at radius 2 is 2.05 bits per heavy atom. The standard InChI is InChI=1S/C14H19N5O/c1-4-16-14-17-11-8-6-5-7-10(11)13(18-14)19(3)9-12(20)15-2/h5-8H,4,9H2,1-3H3,(H,15,20)(H,16,17,18). The molecule has 0 aliphatic heterocycles. The number of fused-ring (bicyclic) bond motifs is 1. The highest BCUT2D eigenvalue weighted by Gasteiger charge is 2.13. The summed E-state index contributed by atoms with van der Waals surface area (Å²) in [6.45, 7) is 2.99. The summed E-state index contributed by atoms with van der Waals surface area (Å²) in [4.78, 5) is 22.3. The van der Waals surface area contributed by atoms with Gasteiger partial charge in [0, 0.05) is 26.0 Å². The number of rotatable bonds is 5. The summed E-state index contributed by atoms with van der Waals surface area (Å²) >= 11 is 0. The number of anilines is 2. The minimum absolute atomic E-state index is 0.0554. The minimum atomic E-state index is -0.0554. The van der Waals surface area contributed by atoms with Crippen LogP contribution in [0.5, 0.6) is 0 Å². The Kier molecular flexibility index (Phi) is 4.34. The molecule has 0 saturated carbocycles. The van der Waals surface area contributed by atoms with Gasteiger partial charge in [0.1, 0.15) is 5.82 Å². The molecule has 0 aliphatic carbocycles. The van der Waals surface area contributed by atoms with Gasteiger partial charge in [0.25, 0.3) is 0 Å². The van der Waals surface area contributed by atoms with Crippen molar-refractivity contribution in [2.24, 2.45) is 0 Å². The van der Waals surface area contributed by atoms with Crippen LogP contribution in [-0.2, 0) is 4.79 Å². The Labute approximate surface area is 118 Å². The third-order valence-electron chi connectivity index (χ3n) is 2.94. The fourth-order valence-corrected chi connectivity index (χ4v) is 1.96. The highest BCUT2D eigenvalue weighted by Crippen LogP contribution is 2.24. The van der Waals surface area contributed by atoms with E-state index in [9.17, 15) is 4.79 Å². The van der Waals surface area contributed by atoms with Crippen LogP contribution in [0.1, 0.15) is 6.92 Å². The van der Waals surface area contributed by atoms with Crippen molar-refractivity contribution in [3.8, 4) is 0 Å². The number of para-hydroxylation sites is 1. The van der Waals surface area contributed by atoms with Gasteiger partial charge in [-0.25, -0.2) is 4.98 Å². The summed E-state index contributed by atoms with van der Waals surface area (Å²) in [5, 5.41) is 6.66. The normalized spacial score (nSPS) is 10.3. The van der Waals surface area contributed by atoms with Crippen LogP contribution in [0.4, 0.5) is 11.8 Å². The number of hydrogen-bond donors (Lipinski definition) is 2. The predicted molar refractivity (Wildman–Crippen MR) is 81.0 cm³/mol. The highest BCUT2D eigenvalue weighted by atomic mass is 16.1. The first-order valence-electron chi connectivity index (χ1n) is 6.58. The molecule has 2 N–H and O–H groups in total. The Hall–Kier alpha value is -2.37. The first-order valence-corrected chi connectivity index (χ1v) is 6.58. The fourth-order valence-electron chi connectivity index (χ4n) is 1.96. The first kappa shape index (κ1) is 14.0. The third-order valence-corrected chi connectivity index (χ3v) is 2.94. The first-order chi connectivity index (χ1) is 9.65. The predicted octanol–water partition coefficient (Wildman–Crippen LogP) is 1.24. The van der Waals surface area contributed by atoms with Crippen molar-refractivity contribution < 1.29 is 4.79 Å². The summed E-state index contributed by atoms with van der Waals surface area (Å²) in [6, 6.07) is 7.78. The molecule has 1 amide bonds. The monoisotopic (exact) mass is 273 g/mol. The Morgan fingerprint density at radius 3 is 2.75 bits per heavy atom. The van der Waals surface area contributed by atoms with Crippen LogP contribution in [-0.4, -0.2) is 43.1 Å². The minimum Gasteiger partial charge on any atom is -0.358 e. The van der Waals surface area contributed by atoms with Gasteiger partial charge < -0.3 is 15.5 Å². The number of nitrogens with one attached hydrogen (secondary N) is 2. The largest absolute Gasteiger partial charge is 0.358 e. The smallest absolute Gasteiger partial charge is 0.239 e. The molecular weight excluding hydrogens is 254 g/mol. The molecule has 20 heavy (non-hydrogen) atoms. The molecule has 0 saturated heterocycles. The zero-order valence-electron chi connectivity index (χ0n) is 12.0. The van der Waals surface area contributed by atoms with Crippen LogP contribution in [0.15, 0.2) is 24.3 Å². The van der Waals surface area contributed by atoms with Crippen molar-refractivity contribution in [2.45, 2.75) is 6.92 Å². The van der Waals surface area contributed by atoms with Gasteiger partial charge in [-0.05, 0) is 19.1 Å². The molecule has 0 radical (unpaired) electrons. The maximum absolute atomic E-state index is 11.5. The molecule has 0 atom stereocenters. The number of amides is 1. The molecule has 0 bridgehead atoms. The number of likely N-dealkylation sites (N-methyl/N-ethyl adjacent to an activating group) is 2. The molecule has 0 unspecified atom stereocenters. The van der Waals surface area contributed by atoms with E-state index in [0.29, 0.717) is 5.95 Å². The van der Waals surface area contributed by atoms with E-state index in [2.05, 4.69) is 20.6 Å². The van der Waals surface area contributed by atoms with Crippen molar-refractivity contribution in [1.29, 1.82) is 0 Å². The lowest BCUT2D eigenvalue weighted by molar-refractivity contribution is -0.119. The summed E-state index contributed by atoms with van der Waals surface area (Å²) in [5.41, 5.74) is 0.859.